The van der Waals surface area contributed by atoms with Gasteiger partial charge in [0.1, 0.15) is 11.4 Å². The Hall–Kier alpha value is -2.83. The van der Waals surface area contributed by atoms with Gasteiger partial charge < -0.3 is 15.2 Å². The predicted octanol–water partition coefficient (Wildman–Crippen LogP) is 1.14. The van der Waals surface area contributed by atoms with E-state index >= 15 is 0 Å². The highest BCUT2D eigenvalue weighted by Crippen LogP contribution is 2.16. The number of carboxylic acid groups (broad SMARTS) is 1. The minimum Gasteiger partial charge on any atom is -0.482 e. The van der Waals surface area contributed by atoms with Crippen molar-refractivity contribution in [1.82, 2.24) is 9.78 Å². The maximum atomic E-state index is 11.9. The van der Waals surface area contributed by atoms with Crippen molar-refractivity contribution in [2.24, 2.45) is 7.05 Å². The molecule has 1 aromatic heterocycles. The molecule has 1 amide bonds. The highest BCUT2D eigenvalue weighted by Gasteiger charge is 2.09. The topological polar surface area (TPSA) is 93.5 Å². The molecule has 0 unspecified atom stereocenters. The first-order valence-corrected chi connectivity index (χ1v) is 5.80. The lowest BCUT2D eigenvalue weighted by Gasteiger charge is -2.07. The molecule has 0 radical (unpaired) electrons. The van der Waals surface area contributed by atoms with Gasteiger partial charge in [0.15, 0.2) is 6.61 Å². The van der Waals surface area contributed by atoms with Crippen molar-refractivity contribution in [2.75, 3.05) is 11.9 Å². The number of aromatic nitrogens is 2. The Bertz CT molecular complexity index is 619. The molecule has 0 aliphatic rings. The van der Waals surface area contributed by atoms with E-state index in [4.69, 9.17) is 9.84 Å². The molecule has 0 aliphatic heterocycles. The van der Waals surface area contributed by atoms with Crippen molar-refractivity contribution in [3.05, 3.63) is 42.2 Å². The second kappa shape index (κ2) is 5.87. The van der Waals surface area contributed by atoms with E-state index in [9.17, 15) is 9.59 Å². The molecular weight excluding hydrogens is 262 g/mol. The molecule has 7 nitrogen and oxygen atoms in total. The normalized spacial score (nSPS) is 10.1. The van der Waals surface area contributed by atoms with Gasteiger partial charge in [-0.05, 0) is 30.3 Å². The molecule has 0 saturated carbocycles. The predicted molar refractivity (Wildman–Crippen MR) is 70.7 cm³/mol. The van der Waals surface area contributed by atoms with Crippen LogP contribution in [0, 0.1) is 0 Å². The molecular formula is C13H13N3O4. The zero-order chi connectivity index (χ0) is 14.5. The Morgan fingerprint density at radius 1 is 1.30 bits per heavy atom. The largest absolute Gasteiger partial charge is 0.482 e. The summed E-state index contributed by atoms with van der Waals surface area (Å²) in [6, 6.07) is 8.04. The highest BCUT2D eigenvalue weighted by atomic mass is 16.5. The minimum absolute atomic E-state index is 0.274. The van der Waals surface area contributed by atoms with Crippen LogP contribution in [0.1, 0.15) is 10.5 Å². The van der Waals surface area contributed by atoms with Crippen molar-refractivity contribution >= 4 is 17.6 Å². The molecule has 0 bridgehead atoms. The van der Waals surface area contributed by atoms with Crippen LogP contribution in [0.15, 0.2) is 36.5 Å². The van der Waals surface area contributed by atoms with Crippen molar-refractivity contribution in [3.63, 3.8) is 0 Å². The number of carboxylic acids is 1. The van der Waals surface area contributed by atoms with Crippen LogP contribution in [-0.2, 0) is 11.8 Å². The summed E-state index contributed by atoms with van der Waals surface area (Å²) in [4.78, 5) is 22.3. The van der Waals surface area contributed by atoms with Crippen molar-refractivity contribution in [2.45, 2.75) is 0 Å². The Labute approximate surface area is 114 Å². The number of ether oxygens (including phenoxy) is 1. The maximum absolute atomic E-state index is 11.9. The molecule has 104 valence electrons. The van der Waals surface area contributed by atoms with Crippen LogP contribution in [-0.4, -0.2) is 33.4 Å². The monoisotopic (exact) mass is 275 g/mol. The summed E-state index contributed by atoms with van der Waals surface area (Å²) in [5.74, 6) is -0.895. The van der Waals surface area contributed by atoms with Crippen LogP contribution in [0.2, 0.25) is 0 Å². The van der Waals surface area contributed by atoms with Crippen LogP contribution in [0.3, 0.4) is 0 Å². The molecule has 7 heteroatoms. The lowest BCUT2D eigenvalue weighted by atomic mass is 10.3. The summed E-state index contributed by atoms with van der Waals surface area (Å²) in [5.41, 5.74) is 1.02. The molecule has 2 rings (SSSR count). The zero-order valence-electron chi connectivity index (χ0n) is 10.7. The van der Waals surface area contributed by atoms with Crippen molar-refractivity contribution in [1.29, 1.82) is 0 Å². The first kappa shape index (κ1) is 13.6. The van der Waals surface area contributed by atoms with Gasteiger partial charge in [-0.15, -0.1) is 0 Å². The number of amides is 1. The fraction of sp³-hybridized carbons (Fsp3) is 0.154. The Balaban J connectivity index is 1.99. The van der Waals surface area contributed by atoms with Gasteiger partial charge in [-0.3, -0.25) is 9.48 Å². The summed E-state index contributed by atoms with van der Waals surface area (Å²) < 4.78 is 6.46. The number of hydrogen-bond acceptors (Lipinski definition) is 4. The lowest BCUT2D eigenvalue weighted by Crippen LogP contribution is -2.16. The van der Waals surface area contributed by atoms with Gasteiger partial charge in [-0.1, -0.05) is 0 Å². The van der Waals surface area contributed by atoms with Gasteiger partial charge >= 0.3 is 5.97 Å². The second-order valence-electron chi connectivity index (χ2n) is 4.00. The number of benzene rings is 1. The number of anilines is 1. The molecule has 20 heavy (non-hydrogen) atoms. The quantitative estimate of drug-likeness (QED) is 0.853. The van der Waals surface area contributed by atoms with E-state index in [0.717, 1.165) is 0 Å². The smallest absolute Gasteiger partial charge is 0.341 e. The lowest BCUT2D eigenvalue weighted by molar-refractivity contribution is -0.139. The van der Waals surface area contributed by atoms with E-state index in [0.29, 0.717) is 17.1 Å². The van der Waals surface area contributed by atoms with Gasteiger partial charge in [0, 0.05) is 18.9 Å². The van der Waals surface area contributed by atoms with Crippen LogP contribution >= 0.6 is 0 Å². The molecule has 0 atom stereocenters. The Morgan fingerprint density at radius 3 is 2.55 bits per heavy atom. The number of nitrogens with zero attached hydrogens (tertiary/aromatic N) is 2. The summed E-state index contributed by atoms with van der Waals surface area (Å²) in [7, 11) is 1.68. The Morgan fingerprint density at radius 2 is 2.00 bits per heavy atom. The van der Waals surface area contributed by atoms with E-state index in [1.54, 1.807) is 37.4 Å². The third-order valence-corrected chi connectivity index (χ3v) is 2.53. The van der Waals surface area contributed by atoms with E-state index < -0.39 is 12.6 Å². The summed E-state index contributed by atoms with van der Waals surface area (Å²) in [6.45, 7) is -0.402. The average molecular weight is 275 g/mol. The highest BCUT2D eigenvalue weighted by molar-refractivity contribution is 6.03. The molecule has 0 aliphatic carbocycles. The van der Waals surface area contributed by atoms with Crippen LogP contribution in [0.4, 0.5) is 5.69 Å². The van der Waals surface area contributed by atoms with Gasteiger partial charge in [-0.2, -0.15) is 5.10 Å². The van der Waals surface area contributed by atoms with Crippen molar-refractivity contribution in [3.8, 4) is 5.75 Å². The average Bonchev–Trinajstić information content (AvgIpc) is 2.84. The number of hydrogen-bond donors (Lipinski definition) is 2. The van der Waals surface area contributed by atoms with Gasteiger partial charge in [0.2, 0.25) is 0 Å². The number of aryl methyl sites for hydroxylation is 1. The second-order valence-corrected chi connectivity index (χ2v) is 4.00. The number of rotatable bonds is 5. The van der Waals surface area contributed by atoms with Gasteiger partial charge in [0.25, 0.3) is 5.91 Å². The molecule has 2 N–H and O–H groups in total. The van der Waals surface area contributed by atoms with Crippen LogP contribution in [0.25, 0.3) is 0 Å². The minimum atomic E-state index is -1.04. The van der Waals surface area contributed by atoms with Gasteiger partial charge in [0.05, 0.1) is 0 Å². The molecule has 0 spiro atoms. The third kappa shape index (κ3) is 3.35. The molecule has 1 aromatic carbocycles. The number of nitrogens with one attached hydrogen (secondary N) is 1. The summed E-state index contributed by atoms with van der Waals surface area (Å²) in [5, 5.41) is 15.1. The van der Waals surface area contributed by atoms with Crippen LogP contribution in [0.5, 0.6) is 5.75 Å². The number of carbonyl (C=O) groups excluding carboxylic acids is 1. The fourth-order valence-corrected chi connectivity index (χ4v) is 1.57. The molecule has 1 heterocycles. The maximum Gasteiger partial charge on any atom is 0.341 e. The van der Waals surface area contributed by atoms with Gasteiger partial charge in [-0.25, -0.2) is 4.79 Å². The van der Waals surface area contributed by atoms with Crippen LogP contribution < -0.4 is 10.1 Å². The first-order chi connectivity index (χ1) is 9.56. The molecule has 0 saturated heterocycles. The molecule has 0 fully saturated rings. The number of aliphatic carboxylic acids is 1. The third-order valence-electron chi connectivity index (χ3n) is 2.53. The SMILES string of the molecule is Cn1nccc1C(=O)Nc1ccc(OCC(=O)O)cc1. The van der Waals surface area contributed by atoms with E-state index in [2.05, 4.69) is 10.4 Å². The fourth-order valence-electron chi connectivity index (χ4n) is 1.57. The van der Waals surface area contributed by atoms with Crippen molar-refractivity contribution < 1.29 is 19.4 Å². The van der Waals surface area contributed by atoms with E-state index in [1.807, 2.05) is 0 Å². The Kier molecular flexibility index (Phi) is 3.99. The summed E-state index contributed by atoms with van der Waals surface area (Å²) in [6.07, 6.45) is 1.54. The first-order valence-electron chi connectivity index (χ1n) is 5.80. The van der Waals surface area contributed by atoms with E-state index in [1.165, 1.54) is 10.9 Å². The number of carbonyl (C=O) groups is 2. The standard InChI is InChI=1S/C13H13N3O4/c1-16-11(6-7-14-16)13(19)15-9-2-4-10(5-3-9)20-8-12(17)18/h2-7H,8H2,1H3,(H,15,19)(H,17,18). The summed E-state index contributed by atoms with van der Waals surface area (Å²) >= 11 is 0. The van der Waals surface area contributed by atoms with E-state index in [-0.39, 0.29) is 5.91 Å². The molecule has 2 aromatic rings. The zero-order valence-corrected chi connectivity index (χ0v) is 10.7.